The summed E-state index contributed by atoms with van der Waals surface area (Å²) in [5, 5.41) is 9.00. The van der Waals surface area contributed by atoms with Crippen molar-refractivity contribution in [3.8, 4) is 5.75 Å². The molecule has 0 unspecified atom stereocenters. The zero-order valence-corrected chi connectivity index (χ0v) is 16.2. The van der Waals surface area contributed by atoms with Gasteiger partial charge in [-0.25, -0.2) is 5.43 Å². The number of carbonyl (C=O) groups is 3. The Morgan fingerprint density at radius 2 is 1.69 bits per heavy atom. The molecule has 152 valence electrons. The molecule has 0 fully saturated rings. The fourth-order valence-electron chi connectivity index (χ4n) is 2.24. The van der Waals surface area contributed by atoms with Crippen molar-refractivity contribution in [3.05, 3.63) is 65.7 Å². The van der Waals surface area contributed by atoms with E-state index in [1.165, 1.54) is 6.21 Å². The minimum Gasteiger partial charge on any atom is -0.483 e. The van der Waals surface area contributed by atoms with Crippen LogP contribution in [-0.4, -0.2) is 37.1 Å². The molecule has 0 aliphatic carbocycles. The third kappa shape index (κ3) is 7.84. The van der Waals surface area contributed by atoms with Gasteiger partial charge in [-0.2, -0.15) is 5.10 Å². The summed E-state index contributed by atoms with van der Waals surface area (Å²) in [6.45, 7) is 2.55. The van der Waals surface area contributed by atoms with Gasteiger partial charge in [0.05, 0.1) is 6.21 Å². The molecular weight excluding hydrogens is 372 g/mol. The monoisotopic (exact) mass is 396 g/mol. The van der Waals surface area contributed by atoms with Gasteiger partial charge in [0.2, 0.25) is 0 Å². The van der Waals surface area contributed by atoms with E-state index in [2.05, 4.69) is 21.2 Å². The molecule has 0 saturated carbocycles. The van der Waals surface area contributed by atoms with Gasteiger partial charge in [0, 0.05) is 18.7 Å². The Morgan fingerprint density at radius 3 is 2.45 bits per heavy atom. The molecule has 0 bridgehead atoms. The molecule has 0 aromatic heterocycles. The second-order valence-corrected chi connectivity index (χ2v) is 6.04. The molecule has 2 aromatic rings. The van der Waals surface area contributed by atoms with Gasteiger partial charge in [-0.1, -0.05) is 49.4 Å². The van der Waals surface area contributed by atoms with Gasteiger partial charge in [-0.15, -0.1) is 0 Å². The molecule has 2 rings (SSSR count). The van der Waals surface area contributed by atoms with Crippen molar-refractivity contribution in [2.45, 2.75) is 19.9 Å². The summed E-state index contributed by atoms with van der Waals surface area (Å²) in [7, 11) is 0. The van der Waals surface area contributed by atoms with E-state index in [1.54, 1.807) is 24.3 Å². The lowest BCUT2D eigenvalue weighted by Crippen LogP contribution is -2.38. The third-order valence-corrected chi connectivity index (χ3v) is 3.72. The van der Waals surface area contributed by atoms with E-state index in [0.29, 0.717) is 24.4 Å². The van der Waals surface area contributed by atoms with E-state index >= 15 is 0 Å². The van der Waals surface area contributed by atoms with Crippen LogP contribution in [0.2, 0.25) is 0 Å². The van der Waals surface area contributed by atoms with Gasteiger partial charge < -0.3 is 15.4 Å². The van der Waals surface area contributed by atoms with Crippen LogP contribution >= 0.6 is 0 Å². The molecule has 0 aliphatic rings. The highest BCUT2D eigenvalue weighted by Crippen LogP contribution is 2.15. The maximum atomic E-state index is 12.0. The average Bonchev–Trinajstić information content (AvgIpc) is 2.75. The van der Waals surface area contributed by atoms with Crippen LogP contribution in [0.4, 0.5) is 0 Å². The number of rotatable bonds is 9. The van der Waals surface area contributed by atoms with Crippen molar-refractivity contribution in [2.75, 3.05) is 13.2 Å². The number of hydrogen-bond acceptors (Lipinski definition) is 5. The Balaban J connectivity index is 1.84. The van der Waals surface area contributed by atoms with Gasteiger partial charge in [0.25, 0.3) is 5.91 Å². The lowest BCUT2D eigenvalue weighted by molar-refractivity contribution is -0.139. The molecule has 0 aliphatic heterocycles. The molecule has 8 nitrogen and oxygen atoms in total. The van der Waals surface area contributed by atoms with Crippen molar-refractivity contribution in [1.29, 1.82) is 0 Å². The average molecular weight is 396 g/mol. The Bertz CT molecular complexity index is 853. The first-order valence-electron chi connectivity index (χ1n) is 9.24. The summed E-state index contributed by atoms with van der Waals surface area (Å²) in [6, 6.07) is 16.5. The summed E-state index contributed by atoms with van der Waals surface area (Å²) >= 11 is 0. The Hall–Kier alpha value is -3.68. The van der Waals surface area contributed by atoms with Crippen LogP contribution in [0.25, 0.3) is 0 Å². The van der Waals surface area contributed by atoms with Gasteiger partial charge in [0.15, 0.2) is 6.61 Å². The van der Waals surface area contributed by atoms with Crippen molar-refractivity contribution in [3.63, 3.8) is 0 Å². The van der Waals surface area contributed by atoms with E-state index in [-0.39, 0.29) is 12.5 Å². The zero-order valence-electron chi connectivity index (χ0n) is 16.2. The van der Waals surface area contributed by atoms with Crippen LogP contribution in [0.3, 0.4) is 0 Å². The van der Waals surface area contributed by atoms with Gasteiger partial charge in [-0.3, -0.25) is 14.4 Å². The van der Waals surface area contributed by atoms with Crippen LogP contribution in [-0.2, 0) is 20.9 Å². The van der Waals surface area contributed by atoms with E-state index in [0.717, 1.165) is 12.0 Å². The number of amides is 3. The largest absolute Gasteiger partial charge is 0.483 e. The molecular formula is C21H24N4O4. The van der Waals surface area contributed by atoms with Crippen LogP contribution in [0.5, 0.6) is 5.75 Å². The number of nitrogens with zero attached hydrogens (tertiary/aromatic N) is 1. The molecule has 0 heterocycles. The number of ether oxygens (including phenoxy) is 1. The first-order chi connectivity index (χ1) is 14.1. The smallest absolute Gasteiger partial charge is 0.329 e. The van der Waals surface area contributed by atoms with E-state index in [4.69, 9.17) is 4.74 Å². The van der Waals surface area contributed by atoms with Gasteiger partial charge in [-0.05, 0) is 24.1 Å². The maximum Gasteiger partial charge on any atom is 0.329 e. The SMILES string of the molecule is CCCNC(=O)C(=O)N/N=C\c1ccccc1OCC(=O)NCc1ccccc1. The number of carbonyl (C=O) groups excluding carboxylic acids is 3. The van der Waals surface area contributed by atoms with Crippen molar-refractivity contribution in [2.24, 2.45) is 5.10 Å². The maximum absolute atomic E-state index is 12.0. The molecule has 0 saturated heterocycles. The second-order valence-electron chi connectivity index (χ2n) is 6.04. The molecule has 29 heavy (non-hydrogen) atoms. The number of nitrogens with one attached hydrogen (secondary N) is 3. The summed E-state index contributed by atoms with van der Waals surface area (Å²) < 4.78 is 5.55. The Labute approximate surface area is 169 Å². The highest BCUT2D eigenvalue weighted by Gasteiger charge is 2.11. The fraction of sp³-hybridized carbons (Fsp3) is 0.238. The summed E-state index contributed by atoms with van der Waals surface area (Å²) in [5.74, 6) is -1.44. The van der Waals surface area contributed by atoms with E-state index in [1.807, 2.05) is 37.3 Å². The molecule has 3 amide bonds. The minimum atomic E-state index is -0.853. The van der Waals surface area contributed by atoms with Gasteiger partial charge >= 0.3 is 11.8 Å². The van der Waals surface area contributed by atoms with E-state index in [9.17, 15) is 14.4 Å². The molecule has 2 aromatic carbocycles. The summed E-state index contributed by atoms with van der Waals surface area (Å²) in [4.78, 5) is 35.1. The molecule has 0 spiro atoms. The normalized spacial score (nSPS) is 10.4. The fourth-order valence-corrected chi connectivity index (χ4v) is 2.24. The highest BCUT2D eigenvalue weighted by molar-refractivity contribution is 6.35. The zero-order chi connectivity index (χ0) is 20.9. The number of hydrazone groups is 1. The van der Waals surface area contributed by atoms with E-state index < -0.39 is 11.8 Å². The minimum absolute atomic E-state index is 0.163. The van der Waals surface area contributed by atoms with Crippen LogP contribution in [0, 0.1) is 0 Å². The first-order valence-corrected chi connectivity index (χ1v) is 9.24. The summed E-state index contributed by atoms with van der Waals surface area (Å²) in [5.41, 5.74) is 3.70. The van der Waals surface area contributed by atoms with Crippen LogP contribution in [0.1, 0.15) is 24.5 Å². The first kappa shape index (κ1) is 21.6. The number of hydrogen-bond donors (Lipinski definition) is 3. The Morgan fingerprint density at radius 1 is 0.966 bits per heavy atom. The second kappa shape index (κ2) is 11.9. The highest BCUT2D eigenvalue weighted by atomic mass is 16.5. The molecule has 8 heteroatoms. The van der Waals surface area contributed by atoms with Crippen molar-refractivity contribution >= 4 is 23.9 Å². The lowest BCUT2D eigenvalue weighted by Gasteiger charge is -2.09. The van der Waals surface area contributed by atoms with Crippen LogP contribution in [0.15, 0.2) is 59.7 Å². The predicted octanol–water partition coefficient (Wildman–Crippen LogP) is 1.36. The van der Waals surface area contributed by atoms with Crippen molar-refractivity contribution in [1.82, 2.24) is 16.1 Å². The topological polar surface area (TPSA) is 109 Å². The third-order valence-electron chi connectivity index (χ3n) is 3.72. The molecule has 3 N–H and O–H groups in total. The summed E-state index contributed by atoms with van der Waals surface area (Å²) in [6.07, 6.45) is 2.08. The van der Waals surface area contributed by atoms with Gasteiger partial charge in [0.1, 0.15) is 5.75 Å². The predicted molar refractivity (Wildman–Crippen MR) is 109 cm³/mol. The number of benzene rings is 2. The molecule has 0 radical (unpaired) electrons. The lowest BCUT2D eigenvalue weighted by atomic mass is 10.2. The quantitative estimate of drug-likeness (QED) is 0.338. The standard InChI is InChI=1S/C21H24N4O4/c1-2-12-22-20(27)21(28)25-24-14-17-10-6-7-11-18(17)29-15-19(26)23-13-16-8-4-3-5-9-16/h3-11,14H,2,12-13,15H2,1H3,(H,22,27)(H,23,26)(H,25,28)/b24-14-. The Kier molecular flexibility index (Phi) is 8.88. The molecule has 0 atom stereocenters. The number of para-hydroxylation sites is 1. The van der Waals surface area contributed by atoms with Crippen LogP contribution < -0.4 is 20.8 Å². The van der Waals surface area contributed by atoms with Crippen molar-refractivity contribution < 1.29 is 19.1 Å².